The third kappa shape index (κ3) is 3.00. The fourth-order valence-electron chi connectivity index (χ4n) is 1.05. The number of carbonyl (C=O) groups excluding carboxylic acids is 1. The summed E-state index contributed by atoms with van der Waals surface area (Å²) in [6.07, 6.45) is 0.626. The van der Waals surface area contributed by atoms with Crippen LogP contribution in [0.25, 0.3) is 0 Å². The van der Waals surface area contributed by atoms with Gasteiger partial charge in [-0.15, -0.1) is 0 Å². The van der Waals surface area contributed by atoms with E-state index >= 15 is 0 Å². The molecule has 0 fully saturated rings. The Balaban J connectivity index is 2.88. The molecule has 0 atom stereocenters. The second kappa shape index (κ2) is 6.05. The van der Waals surface area contributed by atoms with E-state index in [-0.39, 0.29) is 19.0 Å². The Morgan fingerprint density at radius 1 is 1.19 bits per heavy atom. The van der Waals surface area contributed by atoms with Gasteiger partial charge >= 0.3 is 0 Å². The first-order valence-corrected chi connectivity index (χ1v) is 4.40. The summed E-state index contributed by atoms with van der Waals surface area (Å²) >= 11 is 0. The van der Waals surface area contributed by atoms with Crippen LogP contribution >= 0.6 is 0 Å². The SMILES string of the molecule is N#CCOc1ccc(C=O)c(OCC#N)c1. The lowest BCUT2D eigenvalue weighted by molar-refractivity contribution is 0.112. The molecule has 80 valence electrons. The molecule has 0 bridgehead atoms. The van der Waals surface area contributed by atoms with Gasteiger partial charge in [0.25, 0.3) is 0 Å². The van der Waals surface area contributed by atoms with Gasteiger partial charge in [0.2, 0.25) is 0 Å². The van der Waals surface area contributed by atoms with Crippen LogP contribution in [0.5, 0.6) is 11.5 Å². The number of aldehydes is 1. The summed E-state index contributed by atoms with van der Waals surface area (Å²) in [5.41, 5.74) is 0.333. The maximum absolute atomic E-state index is 10.7. The number of nitrogens with zero attached hydrogens (tertiary/aromatic N) is 2. The molecule has 1 aromatic rings. The fraction of sp³-hybridized carbons (Fsp3) is 0.182. The molecule has 5 heteroatoms. The van der Waals surface area contributed by atoms with Gasteiger partial charge in [-0.3, -0.25) is 4.79 Å². The summed E-state index contributed by atoms with van der Waals surface area (Å²) in [5, 5.41) is 16.7. The number of hydrogen-bond acceptors (Lipinski definition) is 5. The summed E-state index contributed by atoms with van der Waals surface area (Å²) in [4.78, 5) is 10.7. The van der Waals surface area contributed by atoms with E-state index in [1.54, 1.807) is 12.1 Å². The first-order valence-electron chi connectivity index (χ1n) is 4.40. The highest BCUT2D eigenvalue weighted by molar-refractivity contribution is 5.79. The molecule has 0 saturated heterocycles. The molecule has 0 heterocycles. The molecule has 0 aliphatic heterocycles. The molecular weight excluding hydrogens is 208 g/mol. The van der Waals surface area contributed by atoms with E-state index in [4.69, 9.17) is 20.0 Å². The van der Waals surface area contributed by atoms with E-state index in [0.29, 0.717) is 17.6 Å². The molecule has 0 unspecified atom stereocenters. The zero-order chi connectivity index (χ0) is 11.8. The van der Waals surface area contributed by atoms with Crippen LogP contribution in [0, 0.1) is 22.7 Å². The summed E-state index contributed by atoms with van der Waals surface area (Å²) in [7, 11) is 0. The van der Waals surface area contributed by atoms with Crippen LogP contribution in [0.2, 0.25) is 0 Å². The van der Waals surface area contributed by atoms with Crippen LogP contribution < -0.4 is 9.47 Å². The molecule has 16 heavy (non-hydrogen) atoms. The Hall–Kier alpha value is -2.53. The quantitative estimate of drug-likeness (QED) is 0.693. The third-order valence-corrected chi connectivity index (χ3v) is 1.71. The number of ether oxygens (including phenoxy) is 2. The Morgan fingerprint density at radius 3 is 2.50 bits per heavy atom. The smallest absolute Gasteiger partial charge is 0.174 e. The molecule has 0 radical (unpaired) electrons. The van der Waals surface area contributed by atoms with Crippen molar-refractivity contribution in [1.82, 2.24) is 0 Å². The van der Waals surface area contributed by atoms with E-state index in [9.17, 15) is 4.79 Å². The first-order chi connectivity index (χ1) is 7.81. The van der Waals surface area contributed by atoms with Gasteiger partial charge in [0.1, 0.15) is 23.6 Å². The Labute approximate surface area is 92.4 Å². The predicted octanol–water partition coefficient (Wildman–Crippen LogP) is 1.30. The molecule has 0 aromatic heterocycles. The van der Waals surface area contributed by atoms with Crippen molar-refractivity contribution in [3.63, 3.8) is 0 Å². The highest BCUT2D eigenvalue weighted by Crippen LogP contribution is 2.23. The third-order valence-electron chi connectivity index (χ3n) is 1.71. The van der Waals surface area contributed by atoms with Crippen LogP contribution in [-0.4, -0.2) is 19.5 Å². The number of nitriles is 2. The van der Waals surface area contributed by atoms with Crippen molar-refractivity contribution in [2.45, 2.75) is 0 Å². The summed E-state index contributed by atoms with van der Waals surface area (Å²) in [6, 6.07) is 8.15. The van der Waals surface area contributed by atoms with E-state index < -0.39 is 0 Å². The standard InChI is InChI=1S/C11H8N2O3/c12-3-5-15-10-2-1-9(8-14)11(7-10)16-6-4-13/h1-2,7-8H,5-6H2. The van der Waals surface area contributed by atoms with Gasteiger partial charge < -0.3 is 9.47 Å². The van der Waals surface area contributed by atoms with E-state index in [1.807, 2.05) is 6.07 Å². The number of hydrogen-bond donors (Lipinski definition) is 0. The normalized spacial score (nSPS) is 8.62. The van der Waals surface area contributed by atoms with Crippen molar-refractivity contribution in [3.05, 3.63) is 23.8 Å². The van der Waals surface area contributed by atoms with Crippen molar-refractivity contribution in [3.8, 4) is 23.6 Å². The van der Waals surface area contributed by atoms with Crippen molar-refractivity contribution >= 4 is 6.29 Å². The predicted molar refractivity (Wildman–Crippen MR) is 54.0 cm³/mol. The highest BCUT2D eigenvalue weighted by atomic mass is 16.5. The van der Waals surface area contributed by atoms with Gasteiger partial charge in [0, 0.05) is 6.07 Å². The maximum atomic E-state index is 10.7. The van der Waals surface area contributed by atoms with Crippen molar-refractivity contribution in [2.75, 3.05) is 13.2 Å². The molecule has 0 amide bonds. The zero-order valence-electron chi connectivity index (χ0n) is 8.34. The largest absolute Gasteiger partial charge is 0.479 e. The van der Waals surface area contributed by atoms with E-state index in [1.165, 1.54) is 12.1 Å². The van der Waals surface area contributed by atoms with Crippen LogP contribution in [0.1, 0.15) is 10.4 Å². The van der Waals surface area contributed by atoms with Gasteiger partial charge in [0.05, 0.1) is 5.56 Å². The lowest BCUT2D eigenvalue weighted by atomic mass is 10.2. The Bertz CT molecular complexity index is 457. The van der Waals surface area contributed by atoms with Crippen LogP contribution in [0.3, 0.4) is 0 Å². The average molecular weight is 216 g/mol. The molecule has 0 aliphatic rings. The lowest BCUT2D eigenvalue weighted by Gasteiger charge is -2.07. The summed E-state index contributed by atoms with van der Waals surface area (Å²) in [5.74, 6) is 0.687. The average Bonchev–Trinajstić information content (AvgIpc) is 2.33. The molecule has 5 nitrogen and oxygen atoms in total. The van der Waals surface area contributed by atoms with Gasteiger partial charge in [0.15, 0.2) is 19.5 Å². The van der Waals surface area contributed by atoms with Gasteiger partial charge in [-0.1, -0.05) is 0 Å². The van der Waals surface area contributed by atoms with Crippen molar-refractivity contribution in [2.24, 2.45) is 0 Å². The van der Waals surface area contributed by atoms with Gasteiger partial charge in [-0.05, 0) is 12.1 Å². The zero-order valence-corrected chi connectivity index (χ0v) is 8.34. The fourth-order valence-corrected chi connectivity index (χ4v) is 1.05. The topological polar surface area (TPSA) is 83.1 Å². The summed E-state index contributed by atoms with van der Waals surface area (Å²) < 4.78 is 10.1. The number of carbonyl (C=O) groups is 1. The monoisotopic (exact) mass is 216 g/mol. The van der Waals surface area contributed by atoms with Gasteiger partial charge in [-0.25, -0.2) is 0 Å². The van der Waals surface area contributed by atoms with Crippen molar-refractivity contribution in [1.29, 1.82) is 10.5 Å². The minimum atomic E-state index is -0.150. The summed E-state index contributed by atoms with van der Waals surface area (Å²) in [6.45, 7) is -0.235. The van der Waals surface area contributed by atoms with Crippen LogP contribution in [-0.2, 0) is 0 Å². The second-order valence-electron chi connectivity index (χ2n) is 2.71. The molecule has 1 rings (SSSR count). The molecule has 0 N–H and O–H groups in total. The number of benzene rings is 1. The molecule has 0 saturated carbocycles. The molecule has 0 aliphatic carbocycles. The Morgan fingerprint density at radius 2 is 1.88 bits per heavy atom. The first kappa shape index (κ1) is 11.5. The minimum Gasteiger partial charge on any atom is -0.479 e. The molecule has 1 aromatic carbocycles. The van der Waals surface area contributed by atoms with Gasteiger partial charge in [-0.2, -0.15) is 10.5 Å². The van der Waals surface area contributed by atoms with Crippen molar-refractivity contribution < 1.29 is 14.3 Å². The second-order valence-corrected chi connectivity index (χ2v) is 2.71. The highest BCUT2D eigenvalue weighted by Gasteiger charge is 2.05. The van der Waals surface area contributed by atoms with Crippen LogP contribution in [0.15, 0.2) is 18.2 Å². The molecule has 0 spiro atoms. The minimum absolute atomic E-state index is 0.0852. The van der Waals surface area contributed by atoms with E-state index in [2.05, 4.69) is 0 Å². The number of rotatable bonds is 5. The maximum Gasteiger partial charge on any atom is 0.174 e. The Kier molecular flexibility index (Phi) is 4.36. The van der Waals surface area contributed by atoms with Crippen LogP contribution in [0.4, 0.5) is 0 Å². The van der Waals surface area contributed by atoms with E-state index in [0.717, 1.165) is 0 Å². The lowest BCUT2D eigenvalue weighted by Crippen LogP contribution is -1.99. The molecular formula is C11H8N2O3.